The van der Waals surface area contributed by atoms with Crippen LogP contribution in [0.15, 0.2) is 12.3 Å². The first-order valence-electron chi connectivity index (χ1n) is 6.89. The summed E-state index contributed by atoms with van der Waals surface area (Å²) in [6.45, 7) is 3.77. The van der Waals surface area contributed by atoms with Gasteiger partial charge in [-0.3, -0.25) is 5.32 Å². The molecule has 0 spiro atoms. The van der Waals surface area contributed by atoms with Crippen LogP contribution < -0.4 is 14.8 Å². The number of hydrogen-bond acceptors (Lipinski definition) is 5. The van der Waals surface area contributed by atoms with Crippen LogP contribution in [0.3, 0.4) is 0 Å². The molecular formula is C14H21N3O4. The molecule has 0 saturated carbocycles. The minimum atomic E-state index is -0.211. The molecule has 1 atom stereocenters. The molecule has 0 aromatic carbocycles. The van der Waals surface area contributed by atoms with E-state index in [4.69, 9.17) is 14.2 Å². The molecule has 1 N–H and O–H groups in total. The average molecular weight is 295 g/mol. The van der Waals surface area contributed by atoms with Gasteiger partial charge in [-0.1, -0.05) is 0 Å². The van der Waals surface area contributed by atoms with Crippen molar-refractivity contribution in [2.75, 3.05) is 39.3 Å². The number of rotatable bonds is 3. The van der Waals surface area contributed by atoms with Gasteiger partial charge < -0.3 is 19.1 Å². The van der Waals surface area contributed by atoms with Crippen molar-refractivity contribution in [2.24, 2.45) is 0 Å². The van der Waals surface area contributed by atoms with Crippen LogP contribution in [0.1, 0.15) is 13.3 Å². The molecule has 2 heterocycles. The predicted octanol–water partition coefficient (Wildman–Crippen LogP) is 1.74. The van der Waals surface area contributed by atoms with E-state index in [0.717, 1.165) is 6.42 Å². The first kappa shape index (κ1) is 15.4. The number of ether oxygens (including phenoxy) is 3. The third-order valence-corrected chi connectivity index (χ3v) is 3.47. The van der Waals surface area contributed by atoms with Gasteiger partial charge in [0.2, 0.25) is 5.88 Å². The van der Waals surface area contributed by atoms with Gasteiger partial charge in [0.1, 0.15) is 11.4 Å². The number of urea groups is 1. The molecule has 0 bridgehead atoms. The van der Waals surface area contributed by atoms with Gasteiger partial charge in [-0.25, -0.2) is 9.78 Å². The molecular weight excluding hydrogens is 274 g/mol. The van der Waals surface area contributed by atoms with Gasteiger partial charge >= 0.3 is 6.03 Å². The van der Waals surface area contributed by atoms with Crippen LogP contribution in [-0.2, 0) is 4.74 Å². The maximum absolute atomic E-state index is 12.5. The lowest BCUT2D eigenvalue weighted by Gasteiger charge is -2.27. The normalized spacial score (nSPS) is 18.8. The third-order valence-electron chi connectivity index (χ3n) is 3.47. The Labute approximate surface area is 124 Å². The summed E-state index contributed by atoms with van der Waals surface area (Å²) in [5.41, 5.74) is 0.435. The molecule has 1 aliphatic heterocycles. The highest BCUT2D eigenvalue weighted by Crippen LogP contribution is 2.32. The van der Waals surface area contributed by atoms with Crippen LogP contribution in [0.2, 0.25) is 0 Å². The number of aromatic nitrogens is 1. The Morgan fingerprint density at radius 2 is 2.24 bits per heavy atom. The molecule has 1 fully saturated rings. The number of pyridine rings is 1. The summed E-state index contributed by atoms with van der Waals surface area (Å²) in [4.78, 5) is 18.3. The number of methoxy groups -OCH3 is 2. The Morgan fingerprint density at radius 3 is 2.95 bits per heavy atom. The summed E-state index contributed by atoms with van der Waals surface area (Å²) < 4.78 is 15.8. The van der Waals surface area contributed by atoms with Crippen molar-refractivity contribution in [1.29, 1.82) is 0 Å². The van der Waals surface area contributed by atoms with Crippen molar-refractivity contribution in [3.63, 3.8) is 0 Å². The number of carbonyl (C=O) groups is 1. The predicted molar refractivity (Wildman–Crippen MR) is 78.0 cm³/mol. The van der Waals surface area contributed by atoms with E-state index < -0.39 is 0 Å². The van der Waals surface area contributed by atoms with Crippen LogP contribution >= 0.6 is 0 Å². The van der Waals surface area contributed by atoms with Gasteiger partial charge in [-0.05, 0) is 13.3 Å². The largest absolute Gasteiger partial charge is 0.494 e. The van der Waals surface area contributed by atoms with E-state index in [0.29, 0.717) is 37.1 Å². The summed E-state index contributed by atoms with van der Waals surface area (Å²) in [5, 5.41) is 2.83. The molecule has 0 radical (unpaired) electrons. The monoisotopic (exact) mass is 295 g/mol. The van der Waals surface area contributed by atoms with Crippen molar-refractivity contribution in [3.8, 4) is 11.6 Å². The smallest absolute Gasteiger partial charge is 0.322 e. The van der Waals surface area contributed by atoms with Crippen molar-refractivity contribution < 1.29 is 19.0 Å². The topological polar surface area (TPSA) is 72.9 Å². The van der Waals surface area contributed by atoms with E-state index >= 15 is 0 Å². The van der Waals surface area contributed by atoms with Crippen LogP contribution in [0.5, 0.6) is 11.6 Å². The van der Waals surface area contributed by atoms with Crippen LogP contribution in [0.4, 0.5) is 10.5 Å². The molecule has 1 aromatic rings. The number of hydrogen-bond donors (Lipinski definition) is 1. The highest BCUT2D eigenvalue weighted by atomic mass is 16.5. The molecule has 1 saturated heterocycles. The summed E-state index contributed by atoms with van der Waals surface area (Å²) in [5.74, 6) is 0.829. The Kier molecular flexibility index (Phi) is 5.21. The Morgan fingerprint density at radius 1 is 1.43 bits per heavy atom. The number of nitrogens with zero attached hydrogens (tertiary/aromatic N) is 2. The van der Waals surface area contributed by atoms with E-state index in [-0.39, 0.29) is 12.1 Å². The lowest BCUT2D eigenvalue weighted by molar-refractivity contribution is 0.143. The lowest BCUT2D eigenvalue weighted by atomic mass is 10.2. The van der Waals surface area contributed by atoms with Crippen LogP contribution in [0.25, 0.3) is 0 Å². The Hall–Kier alpha value is -2.02. The molecule has 116 valence electrons. The summed E-state index contributed by atoms with van der Waals surface area (Å²) in [6.07, 6.45) is 2.38. The zero-order chi connectivity index (χ0) is 15.2. The van der Waals surface area contributed by atoms with Crippen molar-refractivity contribution in [2.45, 2.75) is 19.4 Å². The fraction of sp³-hybridized carbons (Fsp3) is 0.571. The van der Waals surface area contributed by atoms with Crippen LogP contribution in [-0.4, -0.2) is 55.9 Å². The van der Waals surface area contributed by atoms with Gasteiger partial charge in [0.25, 0.3) is 0 Å². The number of nitrogens with one attached hydrogen (secondary N) is 1. The summed E-state index contributed by atoms with van der Waals surface area (Å²) >= 11 is 0. The standard InChI is InChI=1S/C14H21N3O4/c1-10-5-8-21-9-7-17(10)14(18)16-12-11(19-2)4-6-15-13(12)20-3/h4,6,10H,5,7-9H2,1-3H3,(H,16,18). The third kappa shape index (κ3) is 3.55. The second-order valence-corrected chi connectivity index (χ2v) is 4.77. The minimum absolute atomic E-state index is 0.112. The molecule has 2 rings (SSSR count). The zero-order valence-corrected chi connectivity index (χ0v) is 12.6. The van der Waals surface area contributed by atoms with Gasteiger partial charge in [0.15, 0.2) is 0 Å². The molecule has 2 amide bonds. The van der Waals surface area contributed by atoms with E-state index in [1.807, 2.05) is 6.92 Å². The van der Waals surface area contributed by atoms with E-state index in [2.05, 4.69) is 10.3 Å². The van der Waals surface area contributed by atoms with Gasteiger partial charge in [0, 0.05) is 31.5 Å². The highest BCUT2D eigenvalue weighted by Gasteiger charge is 2.24. The Balaban J connectivity index is 2.18. The number of anilines is 1. The maximum Gasteiger partial charge on any atom is 0.322 e. The first-order chi connectivity index (χ1) is 10.2. The average Bonchev–Trinajstić information content (AvgIpc) is 2.72. The molecule has 21 heavy (non-hydrogen) atoms. The van der Waals surface area contributed by atoms with Crippen molar-refractivity contribution in [3.05, 3.63) is 12.3 Å². The molecule has 7 heteroatoms. The minimum Gasteiger partial charge on any atom is -0.494 e. The maximum atomic E-state index is 12.5. The number of carbonyl (C=O) groups excluding carboxylic acids is 1. The van der Waals surface area contributed by atoms with Gasteiger partial charge in [-0.2, -0.15) is 0 Å². The first-order valence-corrected chi connectivity index (χ1v) is 6.89. The van der Waals surface area contributed by atoms with E-state index in [1.54, 1.807) is 17.2 Å². The SMILES string of the molecule is COc1ccnc(OC)c1NC(=O)N1CCOCCC1C. The lowest BCUT2D eigenvalue weighted by Crippen LogP contribution is -2.42. The van der Waals surface area contributed by atoms with Gasteiger partial charge in [0.05, 0.1) is 20.8 Å². The zero-order valence-electron chi connectivity index (χ0n) is 12.6. The molecule has 1 aromatic heterocycles. The highest BCUT2D eigenvalue weighted by molar-refractivity contribution is 5.92. The van der Waals surface area contributed by atoms with E-state index in [1.165, 1.54) is 14.2 Å². The summed E-state index contributed by atoms with van der Waals surface area (Å²) in [7, 11) is 3.03. The molecule has 0 aliphatic carbocycles. The van der Waals surface area contributed by atoms with E-state index in [9.17, 15) is 4.79 Å². The summed E-state index contributed by atoms with van der Waals surface area (Å²) in [6, 6.07) is 1.58. The van der Waals surface area contributed by atoms with Crippen LogP contribution in [0, 0.1) is 0 Å². The molecule has 7 nitrogen and oxygen atoms in total. The van der Waals surface area contributed by atoms with Gasteiger partial charge in [-0.15, -0.1) is 0 Å². The fourth-order valence-corrected chi connectivity index (χ4v) is 2.24. The molecule has 1 unspecified atom stereocenters. The number of amides is 2. The van der Waals surface area contributed by atoms with Crippen molar-refractivity contribution in [1.82, 2.24) is 9.88 Å². The quantitative estimate of drug-likeness (QED) is 0.919. The van der Waals surface area contributed by atoms with Crippen molar-refractivity contribution >= 4 is 11.7 Å². The Bertz CT molecular complexity index is 473. The second-order valence-electron chi connectivity index (χ2n) is 4.77. The molecule has 1 aliphatic rings. The second kappa shape index (κ2) is 7.12. The fourth-order valence-electron chi connectivity index (χ4n) is 2.24.